The van der Waals surface area contributed by atoms with E-state index in [1.165, 1.54) is 29.1 Å². The number of hydrogen-bond acceptors (Lipinski definition) is 4. The average molecular weight is 386 g/mol. The molecule has 0 N–H and O–H groups in total. The molecule has 0 saturated carbocycles. The monoisotopic (exact) mass is 385 g/mol. The molecule has 136 valence electrons. The van der Waals surface area contributed by atoms with Crippen molar-refractivity contribution >= 4 is 35.1 Å². The van der Waals surface area contributed by atoms with E-state index >= 15 is 0 Å². The summed E-state index contributed by atoms with van der Waals surface area (Å²) < 4.78 is 6.36. The number of furan rings is 1. The van der Waals surface area contributed by atoms with Crippen LogP contribution >= 0.6 is 23.5 Å². The molecule has 1 aromatic heterocycles. The Labute approximate surface area is 162 Å². The number of amides is 1. The molecule has 0 radical (unpaired) electrons. The lowest BCUT2D eigenvalue weighted by atomic mass is 9.94. The van der Waals surface area contributed by atoms with E-state index in [9.17, 15) is 4.79 Å². The highest BCUT2D eigenvalue weighted by Gasteiger charge is 2.46. The molecular formula is C21H23NO2S2. The van der Waals surface area contributed by atoms with E-state index in [4.69, 9.17) is 4.42 Å². The third-order valence-corrected chi connectivity index (χ3v) is 9.42. The van der Waals surface area contributed by atoms with Crippen molar-refractivity contribution in [3.05, 3.63) is 52.5 Å². The van der Waals surface area contributed by atoms with Crippen LogP contribution in [0.2, 0.25) is 0 Å². The van der Waals surface area contributed by atoms with Gasteiger partial charge in [-0.3, -0.25) is 4.79 Å². The van der Waals surface area contributed by atoms with Crippen molar-refractivity contribution in [3.63, 3.8) is 0 Å². The number of anilines is 1. The summed E-state index contributed by atoms with van der Waals surface area (Å²) >= 11 is 4.09. The normalized spacial score (nSPS) is 23.3. The number of thioether (sulfide) groups is 2. The Morgan fingerprint density at radius 1 is 1.27 bits per heavy atom. The molecule has 1 saturated heterocycles. The highest BCUT2D eigenvalue weighted by atomic mass is 32.2. The maximum Gasteiger partial charge on any atom is 0.294 e. The van der Waals surface area contributed by atoms with Crippen LogP contribution in [0, 0.1) is 6.92 Å². The third-order valence-electron chi connectivity index (χ3n) is 5.88. The molecule has 3 nitrogen and oxygen atoms in total. The van der Waals surface area contributed by atoms with Gasteiger partial charge in [0, 0.05) is 40.8 Å². The van der Waals surface area contributed by atoms with Gasteiger partial charge >= 0.3 is 0 Å². The second-order valence-electron chi connectivity index (χ2n) is 7.51. The van der Waals surface area contributed by atoms with Crippen LogP contribution in [0.4, 0.5) is 5.69 Å². The molecule has 2 aromatic rings. The summed E-state index contributed by atoms with van der Waals surface area (Å²) in [7, 11) is 0. The lowest BCUT2D eigenvalue weighted by molar-refractivity contribution is 0.0952. The summed E-state index contributed by atoms with van der Waals surface area (Å²) in [5.74, 6) is 4.02. The van der Waals surface area contributed by atoms with Gasteiger partial charge in [0.2, 0.25) is 0 Å². The van der Waals surface area contributed by atoms with Crippen molar-refractivity contribution < 1.29 is 9.21 Å². The van der Waals surface area contributed by atoms with E-state index in [-0.39, 0.29) is 16.0 Å². The van der Waals surface area contributed by atoms with Crippen LogP contribution in [0.5, 0.6) is 0 Å². The molecule has 3 aliphatic rings. The number of hydrogen-bond donors (Lipinski definition) is 0. The first-order valence-corrected chi connectivity index (χ1v) is 11.4. The predicted molar refractivity (Wildman–Crippen MR) is 109 cm³/mol. The molecule has 1 fully saturated rings. The first-order valence-electron chi connectivity index (χ1n) is 9.43. The van der Waals surface area contributed by atoms with Crippen LogP contribution in [0.15, 0.2) is 28.7 Å². The SMILES string of the molecule is Cc1c(C(=O)N2c3ccccc3CC2C)oc2c1C1(CCC2)SCCS1. The fourth-order valence-corrected chi connectivity index (χ4v) is 8.35. The molecule has 2 aliphatic heterocycles. The first kappa shape index (κ1) is 16.8. The zero-order valence-electron chi connectivity index (χ0n) is 15.2. The molecule has 1 aromatic carbocycles. The zero-order valence-corrected chi connectivity index (χ0v) is 16.8. The first-order chi connectivity index (χ1) is 12.6. The second-order valence-corrected chi connectivity index (χ2v) is 10.6. The van der Waals surface area contributed by atoms with Crippen molar-refractivity contribution in [2.24, 2.45) is 0 Å². The van der Waals surface area contributed by atoms with E-state index in [2.05, 4.69) is 32.0 Å². The number of nitrogens with zero attached hydrogens (tertiary/aromatic N) is 1. The topological polar surface area (TPSA) is 33.5 Å². The number of para-hydroxylation sites is 1. The van der Waals surface area contributed by atoms with Gasteiger partial charge in [0.1, 0.15) is 5.76 Å². The maximum atomic E-state index is 13.5. The van der Waals surface area contributed by atoms with Gasteiger partial charge in [-0.1, -0.05) is 18.2 Å². The van der Waals surface area contributed by atoms with Gasteiger partial charge < -0.3 is 9.32 Å². The molecule has 26 heavy (non-hydrogen) atoms. The Hall–Kier alpha value is -1.33. The van der Waals surface area contributed by atoms with Crippen LogP contribution < -0.4 is 4.90 Å². The van der Waals surface area contributed by atoms with Gasteiger partial charge in [-0.05, 0) is 44.7 Å². The van der Waals surface area contributed by atoms with E-state index in [0.717, 1.165) is 36.3 Å². The molecule has 5 heteroatoms. The smallest absolute Gasteiger partial charge is 0.294 e. The van der Waals surface area contributed by atoms with Crippen molar-refractivity contribution in [3.8, 4) is 0 Å². The summed E-state index contributed by atoms with van der Waals surface area (Å²) in [6.45, 7) is 4.22. The number of carbonyl (C=O) groups excluding carboxylic acids is 1. The quantitative estimate of drug-likeness (QED) is 0.680. The van der Waals surface area contributed by atoms with Gasteiger partial charge in [-0.25, -0.2) is 0 Å². The maximum absolute atomic E-state index is 13.5. The Morgan fingerprint density at radius 2 is 2.04 bits per heavy atom. The predicted octanol–water partition coefficient (Wildman–Crippen LogP) is 5.15. The van der Waals surface area contributed by atoms with Crippen molar-refractivity contribution in [1.29, 1.82) is 0 Å². The third kappa shape index (κ3) is 2.32. The summed E-state index contributed by atoms with van der Waals surface area (Å²) in [5, 5.41) is 0. The molecule has 1 aliphatic carbocycles. The van der Waals surface area contributed by atoms with E-state index in [1.54, 1.807) is 0 Å². The molecule has 1 atom stereocenters. The zero-order chi connectivity index (χ0) is 17.9. The summed E-state index contributed by atoms with van der Waals surface area (Å²) in [4.78, 5) is 15.4. The van der Waals surface area contributed by atoms with Crippen LogP contribution in [-0.2, 0) is 16.9 Å². The Morgan fingerprint density at radius 3 is 2.85 bits per heavy atom. The Bertz CT molecular complexity index is 882. The number of carbonyl (C=O) groups is 1. The van der Waals surface area contributed by atoms with Gasteiger partial charge in [0.15, 0.2) is 5.76 Å². The van der Waals surface area contributed by atoms with Crippen molar-refractivity contribution in [1.82, 2.24) is 0 Å². The largest absolute Gasteiger partial charge is 0.455 e. The number of aryl methyl sites for hydroxylation is 1. The second kappa shape index (κ2) is 6.10. The van der Waals surface area contributed by atoms with Crippen LogP contribution in [0.3, 0.4) is 0 Å². The van der Waals surface area contributed by atoms with Gasteiger partial charge in [0.05, 0.1) is 4.08 Å². The molecule has 3 heterocycles. The van der Waals surface area contributed by atoms with Gasteiger partial charge in [0.25, 0.3) is 5.91 Å². The molecule has 1 spiro atoms. The fraction of sp³-hybridized carbons (Fsp3) is 0.476. The van der Waals surface area contributed by atoms with Crippen molar-refractivity contribution in [2.45, 2.75) is 49.7 Å². The van der Waals surface area contributed by atoms with Gasteiger partial charge in [-0.2, -0.15) is 0 Å². The number of benzene rings is 1. The molecular weight excluding hydrogens is 362 g/mol. The number of rotatable bonds is 1. The Balaban J connectivity index is 1.58. The lowest BCUT2D eigenvalue weighted by Gasteiger charge is -2.31. The highest BCUT2D eigenvalue weighted by Crippen LogP contribution is 2.59. The fourth-order valence-electron chi connectivity index (χ4n) is 4.79. The minimum Gasteiger partial charge on any atom is -0.455 e. The molecule has 0 bridgehead atoms. The minimum absolute atomic E-state index is 0.0255. The van der Waals surface area contributed by atoms with E-state index < -0.39 is 0 Å². The summed E-state index contributed by atoms with van der Waals surface area (Å²) in [6.07, 6.45) is 4.21. The standard InChI is InChI=1S/C21H23NO2S2/c1-13-12-15-6-3-4-7-16(15)22(13)20(23)19-14(2)18-17(24-19)8-5-9-21(18)25-10-11-26-21/h3-4,6-7,13H,5,8-12H2,1-2H3. The Kier molecular flexibility index (Phi) is 3.94. The van der Waals surface area contributed by atoms with Crippen molar-refractivity contribution in [2.75, 3.05) is 16.4 Å². The minimum atomic E-state index is 0.0255. The van der Waals surface area contributed by atoms with Crippen LogP contribution in [-0.4, -0.2) is 23.5 Å². The number of fused-ring (bicyclic) bond motifs is 3. The summed E-state index contributed by atoms with van der Waals surface area (Å²) in [6, 6.07) is 8.41. The summed E-state index contributed by atoms with van der Waals surface area (Å²) in [5.41, 5.74) is 4.68. The average Bonchev–Trinajstić information content (AvgIpc) is 3.31. The van der Waals surface area contributed by atoms with Crippen LogP contribution in [0.25, 0.3) is 0 Å². The van der Waals surface area contributed by atoms with E-state index in [0.29, 0.717) is 5.76 Å². The highest BCUT2D eigenvalue weighted by molar-refractivity contribution is 8.20. The van der Waals surface area contributed by atoms with Gasteiger partial charge in [-0.15, -0.1) is 23.5 Å². The molecule has 1 unspecified atom stereocenters. The molecule has 5 rings (SSSR count). The van der Waals surface area contributed by atoms with Crippen LogP contribution in [0.1, 0.15) is 52.8 Å². The lowest BCUT2D eigenvalue weighted by Crippen LogP contribution is -2.36. The van der Waals surface area contributed by atoms with E-state index in [1.807, 2.05) is 34.5 Å². The molecule has 1 amide bonds.